The fourth-order valence-corrected chi connectivity index (χ4v) is 4.27. The average Bonchev–Trinajstić information content (AvgIpc) is 3.36. The van der Waals surface area contributed by atoms with Gasteiger partial charge in [-0.25, -0.2) is 4.98 Å². The summed E-state index contributed by atoms with van der Waals surface area (Å²) in [4.78, 5) is 23.5. The number of morpholine rings is 1. The molecule has 1 saturated heterocycles. The van der Waals surface area contributed by atoms with Crippen LogP contribution in [0.25, 0.3) is 11.0 Å². The first-order chi connectivity index (χ1) is 15.3. The lowest BCUT2D eigenvalue weighted by molar-refractivity contribution is 0.0890. The summed E-state index contributed by atoms with van der Waals surface area (Å²) in [6.07, 6.45) is 8.63. The predicted octanol–water partition coefficient (Wildman–Crippen LogP) is 2.31. The van der Waals surface area contributed by atoms with Crippen molar-refractivity contribution in [3.05, 3.63) is 42.5 Å². The largest absolute Gasteiger partial charge is 0.488 e. The minimum atomic E-state index is -0.134. The first kappa shape index (κ1) is 19.7. The maximum absolute atomic E-state index is 12.2. The van der Waals surface area contributed by atoms with Crippen molar-refractivity contribution in [2.45, 2.75) is 37.8 Å². The van der Waals surface area contributed by atoms with E-state index in [2.05, 4.69) is 42.5 Å². The number of ether oxygens (including phenoxy) is 2. The molecule has 1 aliphatic heterocycles. The SMILES string of the molecule is O=C(N[C@H]1CC[C@@H](Oc2cc(N3CCOCC3)cc3nccnc23)CC1)c1cc[nH]n1. The van der Waals surface area contributed by atoms with Crippen LogP contribution < -0.4 is 15.0 Å². The van der Waals surface area contributed by atoms with Gasteiger partial charge in [-0.3, -0.25) is 14.9 Å². The second-order valence-corrected chi connectivity index (χ2v) is 7.99. The maximum Gasteiger partial charge on any atom is 0.271 e. The van der Waals surface area contributed by atoms with Gasteiger partial charge in [-0.15, -0.1) is 0 Å². The number of hydrogen-bond donors (Lipinski definition) is 2. The van der Waals surface area contributed by atoms with E-state index >= 15 is 0 Å². The molecule has 2 aromatic heterocycles. The van der Waals surface area contributed by atoms with Gasteiger partial charge >= 0.3 is 0 Å². The Morgan fingerprint density at radius 3 is 2.71 bits per heavy atom. The van der Waals surface area contributed by atoms with Crippen LogP contribution >= 0.6 is 0 Å². The van der Waals surface area contributed by atoms with Gasteiger partial charge < -0.3 is 19.7 Å². The predicted molar refractivity (Wildman–Crippen MR) is 115 cm³/mol. The summed E-state index contributed by atoms with van der Waals surface area (Å²) < 4.78 is 11.9. The molecule has 162 valence electrons. The summed E-state index contributed by atoms with van der Waals surface area (Å²) in [6, 6.07) is 5.97. The maximum atomic E-state index is 12.2. The number of anilines is 1. The van der Waals surface area contributed by atoms with Crippen LogP contribution in [-0.2, 0) is 4.74 Å². The van der Waals surface area contributed by atoms with Crippen molar-refractivity contribution in [1.29, 1.82) is 0 Å². The Kier molecular flexibility index (Phi) is 5.66. The first-order valence-electron chi connectivity index (χ1n) is 10.8. The molecular formula is C22H26N6O3. The van der Waals surface area contributed by atoms with Crippen molar-refractivity contribution in [3.8, 4) is 5.75 Å². The third-order valence-electron chi connectivity index (χ3n) is 5.94. The van der Waals surface area contributed by atoms with E-state index in [0.717, 1.165) is 74.5 Å². The number of nitrogens with zero attached hydrogens (tertiary/aromatic N) is 4. The molecule has 0 bridgehead atoms. The number of carbonyl (C=O) groups excluding carboxylic acids is 1. The molecule has 9 nitrogen and oxygen atoms in total. The van der Waals surface area contributed by atoms with Crippen LogP contribution in [0.2, 0.25) is 0 Å². The molecule has 0 spiro atoms. The second-order valence-electron chi connectivity index (χ2n) is 7.99. The number of fused-ring (bicyclic) bond motifs is 1. The van der Waals surface area contributed by atoms with Crippen LogP contribution in [-0.4, -0.2) is 64.5 Å². The van der Waals surface area contributed by atoms with Gasteiger partial charge in [0.05, 0.1) is 24.8 Å². The van der Waals surface area contributed by atoms with Crippen LogP contribution in [0.3, 0.4) is 0 Å². The van der Waals surface area contributed by atoms with Crippen LogP contribution in [0.4, 0.5) is 5.69 Å². The van der Waals surface area contributed by atoms with Gasteiger partial charge in [-0.2, -0.15) is 5.10 Å². The van der Waals surface area contributed by atoms with Crippen LogP contribution in [0.5, 0.6) is 5.75 Å². The van der Waals surface area contributed by atoms with E-state index in [1.54, 1.807) is 24.7 Å². The average molecular weight is 422 g/mol. The number of aromatic amines is 1. The molecule has 2 aliphatic rings. The Balaban J connectivity index is 1.26. The highest BCUT2D eigenvalue weighted by molar-refractivity contribution is 5.92. The van der Waals surface area contributed by atoms with Crippen molar-refractivity contribution in [3.63, 3.8) is 0 Å². The summed E-state index contributed by atoms with van der Waals surface area (Å²) in [5, 5.41) is 9.68. The lowest BCUT2D eigenvalue weighted by atomic mass is 9.92. The van der Waals surface area contributed by atoms with Crippen molar-refractivity contribution < 1.29 is 14.3 Å². The number of hydrogen-bond acceptors (Lipinski definition) is 7. The van der Waals surface area contributed by atoms with Gasteiger partial charge in [-0.05, 0) is 37.8 Å². The highest BCUT2D eigenvalue weighted by Crippen LogP contribution is 2.33. The summed E-state index contributed by atoms with van der Waals surface area (Å²) in [6.45, 7) is 3.16. The Labute approximate surface area is 180 Å². The molecule has 0 atom stereocenters. The quantitative estimate of drug-likeness (QED) is 0.650. The molecule has 0 unspecified atom stereocenters. The molecule has 1 saturated carbocycles. The number of amides is 1. The van der Waals surface area contributed by atoms with E-state index in [1.807, 2.05) is 0 Å². The molecule has 0 radical (unpaired) electrons. The van der Waals surface area contributed by atoms with E-state index in [4.69, 9.17) is 9.47 Å². The van der Waals surface area contributed by atoms with Crippen LogP contribution in [0.1, 0.15) is 36.2 Å². The number of nitrogens with one attached hydrogen (secondary N) is 2. The smallest absolute Gasteiger partial charge is 0.271 e. The summed E-state index contributed by atoms with van der Waals surface area (Å²) in [5.41, 5.74) is 3.13. The van der Waals surface area contributed by atoms with E-state index in [9.17, 15) is 4.79 Å². The molecule has 2 N–H and O–H groups in total. The summed E-state index contributed by atoms with van der Waals surface area (Å²) in [7, 11) is 0. The molecule has 1 aromatic carbocycles. The monoisotopic (exact) mass is 422 g/mol. The van der Waals surface area contributed by atoms with E-state index < -0.39 is 0 Å². The van der Waals surface area contributed by atoms with Gasteiger partial charge in [0, 0.05) is 49.5 Å². The molecule has 3 aromatic rings. The number of carbonyl (C=O) groups is 1. The Bertz CT molecular complexity index is 1030. The van der Waals surface area contributed by atoms with Gasteiger partial charge in [0.25, 0.3) is 5.91 Å². The van der Waals surface area contributed by atoms with Crippen LogP contribution in [0.15, 0.2) is 36.8 Å². The molecule has 1 amide bonds. The van der Waals surface area contributed by atoms with E-state index in [0.29, 0.717) is 5.69 Å². The lowest BCUT2D eigenvalue weighted by Crippen LogP contribution is -2.40. The van der Waals surface area contributed by atoms with E-state index in [1.165, 1.54) is 0 Å². The van der Waals surface area contributed by atoms with Gasteiger partial charge in [0.15, 0.2) is 0 Å². The van der Waals surface area contributed by atoms with Crippen molar-refractivity contribution in [2.24, 2.45) is 0 Å². The fraction of sp³-hybridized carbons (Fsp3) is 0.455. The summed E-state index contributed by atoms with van der Waals surface area (Å²) >= 11 is 0. The molecule has 5 rings (SSSR count). The molecule has 31 heavy (non-hydrogen) atoms. The third-order valence-corrected chi connectivity index (χ3v) is 5.94. The zero-order valence-electron chi connectivity index (χ0n) is 17.3. The molecule has 1 aliphatic carbocycles. The van der Waals surface area contributed by atoms with Crippen LogP contribution in [0, 0.1) is 0 Å². The zero-order chi connectivity index (χ0) is 21.0. The molecule has 9 heteroatoms. The standard InChI is InChI=1S/C22H26N6O3/c29-22(18-5-6-25-27-18)26-15-1-3-17(4-2-15)31-20-14-16(28-9-11-30-12-10-28)13-19-21(20)24-8-7-23-19/h5-8,13-15,17H,1-4,9-12H2,(H,25,27)(H,26,29)/t15-,17+. The van der Waals surface area contributed by atoms with Crippen molar-refractivity contribution in [2.75, 3.05) is 31.2 Å². The Hall–Kier alpha value is -3.20. The number of aromatic nitrogens is 4. The Morgan fingerprint density at radius 2 is 1.94 bits per heavy atom. The highest BCUT2D eigenvalue weighted by Gasteiger charge is 2.25. The van der Waals surface area contributed by atoms with E-state index in [-0.39, 0.29) is 18.1 Å². The first-order valence-corrected chi connectivity index (χ1v) is 10.8. The number of benzene rings is 1. The molecule has 2 fully saturated rings. The lowest BCUT2D eigenvalue weighted by Gasteiger charge is -2.31. The number of rotatable bonds is 5. The normalized spacial score (nSPS) is 21.7. The minimum Gasteiger partial charge on any atom is -0.488 e. The number of H-pyrrole nitrogens is 1. The fourth-order valence-electron chi connectivity index (χ4n) is 4.27. The topological polar surface area (TPSA) is 105 Å². The van der Waals surface area contributed by atoms with Crippen molar-refractivity contribution in [1.82, 2.24) is 25.5 Å². The van der Waals surface area contributed by atoms with Gasteiger partial charge in [-0.1, -0.05) is 0 Å². The Morgan fingerprint density at radius 1 is 1.13 bits per heavy atom. The third kappa shape index (κ3) is 4.46. The highest BCUT2D eigenvalue weighted by atomic mass is 16.5. The van der Waals surface area contributed by atoms with Crippen molar-refractivity contribution >= 4 is 22.6 Å². The molecule has 3 heterocycles. The summed E-state index contributed by atoms with van der Waals surface area (Å²) in [5.74, 6) is 0.640. The molecular weight excluding hydrogens is 396 g/mol. The van der Waals surface area contributed by atoms with Gasteiger partial charge in [0.1, 0.15) is 17.0 Å². The zero-order valence-corrected chi connectivity index (χ0v) is 17.3. The minimum absolute atomic E-state index is 0.0867. The van der Waals surface area contributed by atoms with Gasteiger partial charge in [0.2, 0.25) is 0 Å². The second kappa shape index (κ2) is 8.89.